The molecule has 8 saturated heterocycles. The van der Waals surface area contributed by atoms with Crippen LogP contribution in [0, 0.1) is 47.3 Å². The summed E-state index contributed by atoms with van der Waals surface area (Å²) < 4.78 is 29.4. The van der Waals surface area contributed by atoms with Gasteiger partial charge in [0.1, 0.15) is 0 Å². The Labute approximate surface area is 275 Å². The summed E-state index contributed by atoms with van der Waals surface area (Å²) in [4.78, 5) is 58.2. The standard InChI is InChI=1S/C19H28O8.C15H22O5/c1-10-4-5-13-11(2)16(23-15(22)7-6-14(20)21)24-17-19(13)12(10)8-9-18(3,25-17)26-27-19;1-8-4-5-11-9(2)12(16)17-13-15(11)10(8)6-7-14(3,18-13)19-20-15/h10-13,16-17H,4-9H2,1-3H3,(H,20,21);8-11,13H,4-7H2,1-3H3/t10-,11-,12?,13?,16+,17-,18+,19-;8-,9-,10?,11?,13-,14+,15-/m11/s1. The lowest BCUT2D eigenvalue weighted by Gasteiger charge is -2.59. The fourth-order valence-electron chi connectivity index (χ4n) is 10.2. The van der Waals surface area contributed by atoms with Gasteiger partial charge in [0.15, 0.2) is 17.5 Å². The van der Waals surface area contributed by atoms with E-state index >= 15 is 0 Å². The summed E-state index contributed by atoms with van der Waals surface area (Å²) >= 11 is 0. The average molecular weight is 667 g/mol. The summed E-state index contributed by atoms with van der Waals surface area (Å²) in [5, 5.41) is 8.76. The average Bonchev–Trinajstić information content (AvgIpc) is 3.39. The quantitative estimate of drug-likeness (QED) is 0.317. The van der Waals surface area contributed by atoms with Crippen molar-refractivity contribution in [2.45, 2.75) is 147 Å². The van der Waals surface area contributed by atoms with Crippen LogP contribution in [0.25, 0.3) is 0 Å². The molecule has 1 N–H and O–H groups in total. The van der Waals surface area contributed by atoms with E-state index in [9.17, 15) is 14.4 Å². The minimum absolute atomic E-state index is 0.0670. The van der Waals surface area contributed by atoms with E-state index in [0.717, 1.165) is 44.9 Å². The lowest BCUT2D eigenvalue weighted by molar-refractivity contribution is -0.576. The Morgan fingerprint density at radius 1 is 0.745 bits per heavy atom. The Kier molecular flexibility index (Phi) is 8.50. The van der Waals surface area contributed by atoms with Gasteiger partial charge < -0.3 is 28.8 Å². The maximum absolute atomic E-state index is 12.1. The number of ether oxygens (including phenoxy) is 5. The zero-order valence-electron chi connectivity index (χ0n) is 28.3. The van der Waals surface area contributed by atoms with Crippen molar-refractivity contribution in [2.24, 2.45) is 47.3 Å². The Balaban J connectivity index is 0.000000156. The van der Waals surface area contributed by atoms with Crippen LogP contribution in [-0.2, 0) is 57.6 Å². The zero-order valence-corrected chi connectivity index (χ0v) is 28.3. The number of esters is 2. The molecule has 0 aromatic rings. The van der Waals surface area contributed by atoms with Crippen LogP contribution >= 0.6 is 0 Å². The molecule has 2 aliphatic carbocycles. The van der Waals surface area contributed by atoms with Crippen LogP contribution in [0.5, 0.6) is 0 Å². The molecule has 13 nitrogen and oxygen atoms in total. The van der Waals surface area contributed by atoms with E-state index in [1.807, 2.05) is 27.7 Å². The first-order chi connectivity index (χ1) is 22.2. The van der Waals surface area contributed by atoms with Crippen LogP contribution in [0.3, 0.4) is 0 Å². The second-order valence-electron chi connectivity index (χ2n) is 15.8. The van der Waals surface area contributed by atoms with E-state index in [4.69, 9.17) is 48.3 Å². The van der Waals surface area contributed by atoms with Crippen molar-refractivity contribution < 1.29 is 62.7 Å². The van der Waals surface area contributed by atoms with Gasteiger partial charge in [-0.25, -0.2) is 19.6 Å². The maximum atomic E-state index is 12.1. The molecule has 47 heavy (non-hydrogen) atoms. The van der Waals surface area contributed by atoms with Gasteiger partial charge in [0.2, 0.25) is 24.2 Å². The minimum atomic E-state index is -1.03. The number of carboxylic acids is 1. The highest BCUT2D eigenvalue weighted by Gasteiger charge is 2.71. The molecule has 0 aromatic heterocycles. The molecule has 0 radical (unpaired) electrons. The Morgan fingerprint density at radius 3 is 1.89 bits per heavy atom. The zero-order chi connectivity index (χ0) is 33.5. The van der Waals surface area contributed by atoms with Gasteiger partial charge in [0.05, 0.1) is 18.8 Å². The van der Waals surface area contributed by atoms with Crippen LogP contribution in [0.15, 0.2) is 0 Å². The highest BCUT2D eigenvalue weighted by atomic mass is 17.3. The maximum Gasteiger partial charge on any atom is 0.311 e. The van der Waals surface area contributed by atoms with Crippen molar-refractivity contribution in [1.29, 1.82) is 0 Å². The molecule has 10 aliphatic rings. The highest BCUT2D eigenvalue weighted by Crippen LogP contribution is 2.61. The lowest BCUT2D eigenvalue weighted by atomic mass is 9.58. The molecule has 10 fully saturated rings. The number of hydrogen-bond donors (Lipinski definition) is 1. The van der Waals surface area contributed by atoms with Crippen molar-refractivity contribution in [3.63, 3.8) is 0 Å². The van der Waals surface area contributed by atoms with Crippen molar-refractivity contribution in [3.05, 3.63) is 0 Å². The number of fused-ring (bicyclic) bond motifs is 4. The molecule has 0 aromatic carbocycles. The third kappa shape index (κ3) is 5.34. The monoisotopic (exact) mass is 666 g/mol. The Bertz CT molecular complexity index is 1260. The molecule has 8 heterocycles. The molecule has 4 unspecified atom stereocenters. The van der Waals surface area contributed by atoms with Crippen LogP contribution in [0.1, 0.15) is 106 Å². The smallest absolute Gasteiger partial charge is 0.311 e. The number of carbonyl (C=O) groups excluding carboxylic acids is 2. The normalized spacial score (nSPS) is 52.4. The van der Waals surface area contributed by atoms with E-state index in [1.165, 1.54) is 0 Å². The molecule has 2 saturated carbocycles. The van der Waals surface area contributed by atoms with E-state index in [0.29, 0.717) is 24.2 Å². The van der Waals surface area contributed by atoms with Crippen LogP contribution < -0.4 is 0 Å². The molecule has 264 valence electrons. The fourth-order valence-corrected chi connectivity index (χ4v) is 10.2. The molecule has 13 heteroatoms. The van der Waals surface area contributed by atoms with E-state index in [2.05, 4.69) is 13.8 Å². The number of aliphatic carboxylic acids is 1. The number of carboxylic acid groups (broad SMARTS) is 1. The van der Waals surface area contributed by atoms with Crippen LogP contribution in [-0.4, -0.2) is 64.7 Å². The largest absolute Gasteiger partial charge is 0.481 e. The molecule has 4 bridgehead atoms. The van der Waals surface area contributed by atoms with Crippen LogP contribution in [0.4, 0.5) is 0 Å². The van der Waals surface area contributed by atoms with E-state index < -0.39 is 53.6 Å². The van der Waals surface area contributed by atoms with Crippen molar-refractivity contribution >= 4 is 17.9 Å². The van der Waals surface area contributed by atoms with Crippen molar-refractivity contribution in [1.82, 2.24) is 0 Å². The topological polar surface area (TPSA) is 155 Å². The first-order valence-corrected chi connectivity index (χ1v) is 17.6. The predicted octanol–water partition coefficient (Wildman–Crippen LogP) is 5.00. The van der Waals surface area contributed by atoms with Crippen molar-refractivity contribution in [2.75, 3.05) is 0 Å². The summed E-state index contributed by atoms with van der Waals surface area (Å²) in [5.41, 5.74) is -1.31. The van der Waals surface area contributed by atoms with Gasteiger partial charge in [-0.05, 0) is 70.1 Å². The minimum Gasteiger partial charge on any atom is -0.481 e. The van der Waals surface area contributed by atoms with Crippen molar-refractivity contribution in [3.8, 4) is 0 Å². The molecular formula is C34H50O13. The fraction of sp³-hybridized carbons (Fsp3) is 0.912. The van der Waals surface area contributed by atoms with E-state index in [1.54, 1.807) is 0 Å². The second-order valence-corrected chi connectivity index (χ2v) is 15.8. The number of hydrogen-bond acceptors (Lipinski definition) is 12. The molecule has 0 amide bonds. The van der Waals surface area contributed by atoms with Gasteiger partial charge in [-0.15, -0.1) is 0 Å². The predicted molar refractivity (Wildman–Crippen MR) is 158 cm³/mol. The van der Waals surface area contributed by atoms with Gasteiger partial charge in [0, 0.05) is 36.5 Å². The Hall–Kier alpha value is -1.87. The molecule has 10 rings (SSSR count). The summed E-state index contributed by atoms with van der Waals surface area (Å²) in [6, 6.07) is 0. The number of carbonyl (C=O) groups is 3. The third-order valence-electron chi connectivity index (χ3n) is 12.9. The summed E-state index contributed by atoms with van der Waals surface area (Å²) in [5.74, 6) is -1.96. The van der Waals surface area contributed by atoms with Gasteiger partial charge in [-0.3, -0.25) is 14.4 Å². The van der Waals surface area contributed by atoms with Gasteiger partial charge in [-0.2, -0.15) is 0 Å². The first-order valence-electron chi connectivity index (χ1n) is 17.6. The molecular weight excluding hydrogens is 616 g/mol. The lowest BCUT2D eigenvalue weighted by Crippen LogP contribution is -2.70. The molecule has 15 atom stereocenters. The van der Waals surface area contributed by atoms with Crippen LogP contribution in [0.2, 0.25) is 0 Å². The van der Waals surface area contributed by atoms with E-state index in [-0.39, 0.29) is 48.4 Å². The second kappa shape index (κ2) is 11.9. The molecule has 2 spiro atoms. The summed E-state index contributed by atoms with van der Waals surface area (Å²) in [6.07, 6.45) is 4.96. The SMILES string of the molecule is C[C@@H]1CCC2[C@@H](C)C(=O)O[C@@H]3O[C@]4(C)CCC1[C@@]23OO4.C[C@@H]1CCC2[C@@H](C)[C@@H](OC(=O)CCC(=O)O)O[C@@H]3O[C@]4(C)CCC1[C@@]23OO4. The molecule has 8 aliphatic heterocycles. The Morgan fingerprint density at radius 2 is 1.30 bits per heavy atom. The van der Waals surface area contributed by atoms with Gasteiger partial charge in [0.25, 0.3) is 0 Å². The third-order valence-corrected chi connectivity index (χ3v) is 12.9. The highest BCUT2D eigenvalue weighted by molar-refractivity contribution is 5.76. The number of rotatable bonds is 4. The van der Waals surface area contributed by atoms with Gasteiger partial charge >= 0.3 is 17.9 Å². The summed E-state index contributed by atoms with van der Waals surface area (Å²) in [6.45, 7) is 12.1. The summed E-state index contributed by atoms with van der Waals surface area (Å²) in [7, 11) is 0. The van der Waals surface area contributed by atoms with Gasteiger partial charge in [-0.1, -0.05) is 27.7 Å². The first kappa shape index (κ1) is 33.6.